The van der Waals surface area contributed by atoms with E-state index in [-0.39, 0.29) is 12.2 Å². The van der Waals surface area contributed by atoms with Crippen molar-refractivity contribution in [2.45, 2.75) is 32.5 Å². The van der Waals surface area contributed by atoms with Gasteiger partial charge in [-0.25, -0.2) is 10.3 Å². The van der Waals surface area contributed by atoms with Gasteiger partial charge in [0.2, 0.25) is 0 Å². The predicted molar refractivity (Wildman–Crippen MR) is 78.4 cm³/mol. The average molecular weight is 289 g/mol. The van der Waals surface area contributed by atoms with Crippen LogP contribution < -0.4 is 5.48 Å². The van der Waals surface area contributed by atoms with Crippen LogP contribution in [0.25, 0.3) is 6.08 Å². The monoisotopic (exact) mass is 289 g/mol. The first kappa shape index (κ1) is 15.4. The first-order valence-corrected chi connectivity index (χ1v) is 7.00. The zero-order valence-electron chi connectivity index (χ0n) is 12.0. The zero-order valence-corrected chi connectivity index (χ0v) is 12.0. The Bertz CT molecular complexity index is 533. The van der Waals surface area contributed by atoms with Crippen molar-refractivity contribution in [2.24, 2.45) is 0 Å². The van der Waals surface area contributed by atoms with Crippen LogP contribution in [0.2, 0.25) is 0 Å². The van der Waals surface area contributed by atoms with Crippen LogP contribution in [-0.4, -0.2) is 25.1 Å². The lowest BCUT2D eigenvalue weighted by Crippen LogP contribution is -2.32. The fourth-order valence-corrected chi connectivity index (χ4v) is 2.09. The highest BCUT2D eigenvalue weighted by molar-refractivity contribution is 5.91. The van der Waals surface area contributed by atoms with Gasteiger partial charge in [-0.2, -0.15) is 0 Å². The van der Waals surface area contributed by atoms with Gasteiger partial charge in [0, 0.05) is 24.7 Å². The summed E-state index contributed by atoms with van der Waals surface area (Å²) in [5.41, 5.74) is 4.79. The van der Waals surface area contributed by atoms with Crippen molar-refractivity contribution in [2.75, 3.05) is 6.61 Å². The molecule has 0 radical (unpaired) electrons. The number of rotatable bonds is 5. The first-order chi connectivity index (χ1) is 10.2. The van der Waals surface area contributed by atoms with E-state index < -0.39 is 0 Å². The lowest BCUT2D eigenvalue weighted by molar-refractivity contribution is -0.198. The van der Waals surface area contributed by atoms with Crippen LogP contribution in [0.4, 0.5) is 0 Å². The number of hydrogen-bond donors (Lipinski definition) is 1. The number of hydroxylamine groups is 1. The molecule has 1 aliphatic heterocycles. The molecule has 5 heteroatoms. The van der Waals surface area contributed by atoms with Crippen LogP contribution in [0.3, 0.4) is 0 Å². The van der Waals surface area contributed by atoms with Gasteiger partial charge < -0.3 is 4.74 Å². The SMILES string of the molecule is Cc1cc(C=O)ccc1/C=C/C(=O)NOC1CCCCO1. The molecule has 0 aliphatic carbocycles. The summed E-state index contributed by atoms with van der Waals surface area (Å²) in [5, 5.41) is 0. The normalized spacial score (nSPS) is 18.6. The quantitative estimate of drug-likeness (QED) is 0.513. The minimum atomic E-state index is -0.357. The van der Waals surface area contributed by atoms with Gasteiger partial charge in [0.05, 0.1) is 0 Å². The second-order valence-corrected chi connectivity index (χ2v) is 4.95. The standard InChI is InChI=1S/C16H19NO4/c1-12-10-13(11-18)5-6-14(12)7-8-15(19)17-21-16-4-2-3-9-20-16/h5-8,10-11,16H,2-4,9H2,1H3,(H,17,19)/b8-7+. The Labute approximate surface area is 123 Å². The van der Waals surface area contributed by atoms with Crippen molar-refractivity contribution >= 4 is 18.3 Å². The number of hydrogen-bond acceptors (Lipinski definition) is 4. The largest absolute Gasteiger partial charge is 0.350 e. The molecule has 1 N–H and O–H groups in total. The third-order valence-corrected chi connectivity index (χ3v) is 3.27. The molecule has 2 rings (SSSR count). The average Bonchev–Trinajstić information content (AvgIpc) is 2.52. The maximum atomic E-state index is 11.7. The van der Waals surface area contributed by atoms with Crippen molar-refractivity contribution < 1.29 is 19.2 Å². The summed E-state index contributed by atoms with van der Waals surface area (Å²) in [6.45, 7) is 2.55. The Morgan fingerprint density at radius 1 is 1.43 bits per heavy atom. The zero-order chi connectivity index (χ0) is 15.1. The highest BCUT2D eigenvalue weighted by Gasteiger charge is 2.14. The van der Waals surface area contributed by atoms with Crippen LogP contribution in [0.5, 0.6) is 0 Å². The Hall–Kier alpha value is -1.98. The third-order valence-electron chi connectivity index (χ3n) is 3.27. The van der Waals surface area contributed by atoms with Crippen LogP contribution in [0, 0.1) is 6.92 Å². The first-order valence-electron chi connectivity index (χ1n) is 7.00. The van der Waals surface area contributed by atoms with Crippen LogP contribution in [-0.2, 0) is 14.4 Å². The molecular formula is C16H19NO4. The van der Waals surface area contributed by atoms with Gasteiger partial charge in [-0.3, -0.25) is 9.59 Å². The highest BCUT2D eigenvalue weighted by atomic mass is 16.8. The fourth-order valence-electron chi connectivity index (χ4n) is 2.09. The summed E-state index contributed by atoms with van der Waals surface area (Å²) in [5.74, 6) is -0.344. The molecular weight excluding hydrogens is 270 g/mol. The molecule has 0 aromatic heterocycles. The molecule has 5 nitrogen and oxygen atoms in total. The summed E-state index contributed by atoms with van der Waals surface area (Å²) < 4.78 is 5.34. The molecule has 0 saturated carbocycles. The lowest BCUT2D eigenvalue weighted by Gasteiger charge is -2.21. The molecule has 1 aromatic carbocycles. The number of carbonyl (C=O) groups is 2. The Kier molecular flexibility index (Phi) is 5.66. The van der Waals surface area contributed by atoms with Crippen LogP contribution in [0.1, 0.15) is 40.7 Å². The van der Waals surface area contributed by atoms with E-state index in [1.54, 1.807) is 24.3 Å². The van der Waals surface area contributed by atoms with E-state index in [9.17, 15) is 9.59 Å². The van der Waals surface area contributed by atoms with E-state index in [0.717, 1.165) is 36.7 Å². The number of aryl methyl sites for hydroxylation is 1. The Balaban J connectivity index is 1.85. The Morgan fingerprint density at radius 2 is 2.29 bits per heavy atom. The van der Waals surface area contributed by atoms with Crippen molar-refractivity contribution in [1.82, 2.24) is 5.48 Å². The molecule has 1 amide bonds. The summed E-state index contributed by atoms with van der Waals surface area (Å²) in [6.07, 6.45) is 6.38. The molecule has 1 heterocycles. The third kappa shape index (κ3) is 4.81. The van der Waals surface area contributed by atoms with Crippen LogP contribution >= 0.6 is 0 Å². The van der Waals surface area contributed by atoms with Gasteiger partial charge >= 0.3 is 0 Å². The van der Waals surface area contributed by atoms with Gasteiger partial charge in [0.1, 0.15) is 6.29 Å². The summed E-state index contributed by atoms with van der Waals surface area (Å²) in [7, 11) is 0. The van der Waals surface area contributed by atoms with Gasteiger partial charge in [-0.05, 0) is 43.0 Å². The Morgan fingerprint density at radius 3 is 2.95 bits per heavy atom. The molecule has 1 atom stereocenters. The number of carbonyl (C=O) groups excluding carboxylic acids is 2. The molecule has 1 aliphatic rings. The number of aldehydes is 1. The van der Waals surface area contributed by atoms with E-state index in [1.807, 2.05) is 6.92 Å². The molecule has 112 valence electrons. The number of ether oxygens (including phenoxy) is 1. The minimum absolute atomic E-state index is 0.344. The summed E-state index contributed by atoms with van der Waals surface area (Å²) in [6, 6.07) is 5.29. The molecule has 21 heavy (non-hydrogen) atoms. The second kappa shape index (κ2) is 7.71. The molecule has 1 fully saturated rings. The predicted octanol–water partition coefficient (Wildman–Crippen LogP) is 2.40. The second-order valence-electron chi connectivity index (χ2n) is 4.95. The number of nitrogens with one attached hydrogen (secondary N) is 1. The smallest absolute Gasteiger partial charge is 0.267 e. The van der Waals surface area contributed by atoms with Crippen molar-refractivity contribution in [3.63, 3.8) is 0 Å². The molecule has 0 bridgehead atoms. The highest BCUT2D eigenvalue weighted by Crippen LogP contribution is 2.13. The van der Waals surface area contributed by atoms with E-state index in [2.05, 4.69) is 5.48 Å². The summed E-state index contributed by atoms with van der Waals surface area (Å²) in [4.78, 5) is 27.5. The van der Waals surface area contributed by atoms with E-state index in [1.165, 1.54) is 6.08 Å². The van der Waals surface area contributed by atoms with Crippen molar-refractivity contribution in [3.05, 3.63) is 41.0 Å². The van der Waals surface area contributed by atoms with Crippen molar-refractivity contribution in [1.29, 1.82) is 0 Å². The number of benzene rings is 1. The topological polar surface area (TPSA) is 64.6 Å². The van der Waals surface area contributed by atoms with Gasteiger partial charge in [-0.15, -0.1) is 0 Å². The van der Waals surface area contributed by atoms with Crippen LogP contribution in [0.15, 0.2) is 24.3 Å². The van der Waals surface area contributed by atoms with E-state index >= 15 is 0 Å². The van der Waals surface area contributed by atoms with Gasteiger partial charge in [0.25, 0.3) is 5.91 Å². The van der Waals surface area contributed by atoms with E-state index in [4.69, 9.17) is 9.57 Å². The van der Waals surface area contributed by atoms with E-state index in [0.29, 0.717) is 12.2 Å². The van der Waals surface area contributed by atoms with Gasteiger partial charge in [0.15, 0.2) is 6.29 Å². The maximum Gasteiger partial charge on any atom is 0.267 e. The molecule has 1 saturated heterocycles. The fraction of sp³-hybridized carbons (Fsp3) is 0.375. The van der Waals surface area contributed by atoms with Crippen molar-refractivity contribution in [3.8, 4) is 0 Å². The molecule has 1 unspecified atom stereocenters. The molecule has 1 aromatic rings. The minimum Gasteiger partial charge on any atom is -0.350 e. The number of amides is 1. The summed E-state index contributed by atoms with van der Waals surface area (Å²) >= 11 is 0. The maximum absolute atomic E-state index is 11.7. The lowest BCUT2D eigenvalue weighted by atomic mass is 10.1. The molecule has 0 spiro atoms. The van der Waals surface area contributed by atoms with Gasteiger partial charge in [-0.1, -0.05) is 12.1 Å².